The number of aryl methyl sites for hydroxylation is 1. The van der Waals surface area contributed by atoms with Crippen LogP contribution in [-0.4, -0.2) is 18.9 Å². The number of fused-ring (bicyclic) bond motifs is 1. The van der Waals surface area contributed by atoms with Crippen LogP contribution in [-0.2, 0) is 6.42 Å². The van der Waals surface area contributed by atoms with Crippen LogP contribution in [0, 0.1) is 0 Å². The summed E-state index contributed by atoms with van der Waals surface area (Å²) in [5.74, 6) is 0.150. The summed E-state index contributed by atoms with van der Waals surface area (Å²) in [6, 6.07) is 6.11. The van der Waals surface area contributed by atoms with Gasteiger partial charge in [-0.25, -0.2) is 0 Å². The maximum atomic E-state index is 11.4. The van der Waals surface area contributed by atoms with Crippen molar-refractivity contribution in [2.75, 3.05) is 18.0 Å². The molecule has 1 aliphatic rings. The highest BCUT2D eigenvalue weighted by Gasteiger charge is 2.17. The van der Waals surface area contributed by atoms with E-state index in [1.165, 1.54) is 23.2 Å². The zero-order chi connectivity index (χ0) is 13.1. The van der Waals surface area contributed by atoms with Crippen LogP contribution < -0.4 is 4.90 Å². The molecule has 0 aliphatic carbocycles. The van der Waals surface area contributed by atoms with Crippen LogP contribution >= 0.6 is 0 Å². The minimum atomic E-state index is 0.150. The summed E-state index contributed by atoms with van der Waals surface area (Å²) in [5, 5.41) is 0. The van der Waals surface area contributed by atoms with Crippen molar-refractivity contribution in [3.8, 4) is 0 Å². The Morgan fingerprint density at radius 3 is 2.83 bits per heavy atom. The molecule has 18 heavy (non-hydrogen) atoms. The average molecular weight is 243 g/mol. The summed E-state index contributed by atoms with van der Waals surface area (Å²) in [7, 11) is 0. The maximum absolute atomic E-state index is 11.4. The number of hydrogen-bond acceptors (Lipinski definition) is 2. The van der Waals surface area contributed by atoms with E-state index in [0.717, 1.165) is 31.5 Å². The quantitative estimate of drug-likeness (QED) is 0.595. The lowest BCUT2D eigenvalue weighted by molar-refractivity contribution is 0.101. The Hall–Kier alpha value is -1.57. The molecule has 0 atom stereocenters. The second-order valence-electron chi connectivity index (χ2n) is 5.20. The summed E-state index contributed by atoms with van der Waals surface area (Å²) in [5.41, 5.74) is 4.67. The van der Waals surface area contributed by atoms with Gasteiger partial charge in [-0.1, -0.05) is 5.57 Å². The van der Waals surface area contributed by atoms with E-state index in [1.807, 2.05) is 6.07 Å². The normalized spacial score (nSPS) is 14.2. The van der Waals surface area contributed by atoms with E-state index in [4.69, 9.17) is 0 Å². The van der Waals surface area contributed by atoms with Crippen molar-refractivity contribution in [2.24, 2.45) is 0 Å². The lowest BCUT2D eigenvalue weighted by Gasteiger charge is -2.31. The molecular weight excluding hydrogens is 222 g/mol. The smallest absolute Gasteiger partial charge is 0.159 e. The van der Waals surface area contributed by atoms with Gasteiger partial charge in [0.15, 0.2) is 5.78 Å². The Kier molecular flexibility index (Phi) is 3.85. The summed E-state index contributed by atoms with van der Waals surface area (Å²) >= 11 is 0. The molecule has 0 fully saturated rings. The first kappa shape index (κ1) is 12.9. The van der Waals surface area contributed by atoms with Crippen LogP contribution in [0.1, 0.15) is 42.6 Å². The highest BCUT2D eigenvalue weighted by molar-refractivity contribution is 5.94. The molecule has 0 spiro atoms. The van der Waals surface area contributed by atoms with Gasteiger partial charge >= 0.3 is 0 Å². The number of hydrogen-bond donors (Lipinski definition) is 0. The van der Waals surface area contributed by atoms with Gasteiger partial charge in [0, 0.05) is 24.3 Å². The van der Waals surface area contributed by atoms with E-state index in [9.17, 15) is 4.79 Å². The number of carbonyl (C=O) groups excluding carboxylic acids is 1. The fourth-order valence-electron chi connectivity index (χ4n) is 2.45. The summed E-state index contributed by atoms with van der Waals surface area (Å²) in [6.07, 6.45) is 3.29. The van der Waals surface area contributed by atoms with E-state index in [-0.39, 0.29) is 5.78 Å². The van der Waals surface area contributed by atoms with Gasteiger partial charge < -0.3 is 4.90 Å². The highest BCUT2D eigenvalue weighted by Crippen LogP contribution is 2.28. The molecule has 0 radical (unpaired) electrons. The zero-order valence-corrected chi connectivity index (χ0v) is 11.3. The Morgan fingerprint density at radius 2 is 2.17 bits per heavy atom. The van der Waals surface area contributed by atoms with Crippen LogP contribution in [0.4, 0.5) is 5.69 Å². The number of anilines is 1. The molecule has 1 aromatic rings. The van der Waals surface area contributed by atoms with Crippen molar-refractivity contribution in [3.05, 3.63) is 41.5 Å². The Balaban J connectivity index is 2.21. The Labute approximate surface area is 109 Å². The number of nitrogens with zero attached hydrogens (tertiary/aromatic N) is 1. The molecule has 2 nitrogen and oxygen atoms in total. The third-order valence-corrected chi connectivity index (χ3v) is 3.51. The number of ketones is 1. The predicted molar refractivity (Wildman–Crippen MR) is 76.4 cm³/mol. The summed E-state index contributed by atoms with van der Waals surface area (Å²) < 4.78 is 0. The first-order valence-electron chi connectivity index (χ1n) is 6.61. The van der Waals surface area contributed by atoms with Crippen molar-refractivity contribution in [2.45, 2.75) is 33.1 Å². The molecule has 0 aromatic heterocycles. The van der Waals surface area contributed by atoms with Crippen LogP contribution in [0.2, 0.25) is 0 Å². The van der Waals surface area contributed by atoms with E-state index < -0.39 is 0 Å². The third-order valence-electron chi connectivity index (χ3n) is 3.51. The van der Waals surface area contributed by atoms with Gasteiger partial charge in [-0.3, -0.25) is 4.79 Å². The number of benzene rings is 1. The standard InChI is InChI=1S/C16H21NO/c1-12(2)8-10-17-9-4-5-15-11-14(13(3)18)6-7-16(15)17/h6-7,11H,1,4-5,8-10H2,2-3H3. The van der Waals surface area contributed by atoms with Crippen molar-refractivity contribution < 1.29 is 4.79 Å². The number of carbonyl (C=O) groups is 1. The van der Waals surface area contributed by atoms with Crippen LogP contribution in [0.15, 0.2) is 30.4 Å². The second kappa shape index (κ2) is 5.38. The molecule has 1 aliphatic heterocycles. The second-order valence-corrected chi connectivity index (χ2v) is 5.20. The topological polar surface area (TPSA) is 20.3 Å². The van der Waals surface area contributed by atoms with Crippen molar-refractivity contribution in [1.82, 2.24) is 0 Å². The lowest BCUT2D eigenvalue weighted by atomic mass is 9.97. The number of rotatable bonds is 4. The monoisotopic (exact) mass is 243 g/mol. The molecule has 2 heteroatoms. The first-order valence-corrected chi connectivity index (χ1v) is 6.61. The molecule has 0 amide bonds. The van der Waals surface area contributed by atoms with Gasteiger partial charge in [-0.2, -0.15) is 0 Å². The minimum Gasteiger partial charge on any atom is -0.371 e. The maximum Gasteiger partial charge on any atom is 0.159 e. The van der Waals surface area contributed by atoms with E-state index in [0.29, 0.717) is 0 Å². The molecule has 0 unspecified atom stereocenters. The Bertz CT molecular complexity index is 476. The average Bonchev–Trinajstić information content (AvgIpc) is 2.35. The van der Waals surface area contributed by atoms with Gasteiger partial charge in [-0.05, 0) is 56.9 Å². The van der Waals surface area contributed by atoms with E-state index in [2.05, 4.69) is 30.5 Å². The summed E-state index contributed by atoms with van der Waals surface area (Å²) in [6.45, 7) is 9.80. The van der Waals surface area contributed by atoms with Crippen LogP contribution in [0.5, 0.6) is 0 Å². The van der Waals surface area contributed by atoms with Gasteiger partial charge in [0.2, 0.25) is 0 Å². The molecule has 0 bridgehead atoms. The predicted octanol–water partition coefficient (Wildman–Crippen LogP) is 3.61. The first-order chi connectivity index (χ1) is 8.58. The fourth-order valence-corrected chi connectivity index (χ4v) is 2.45. The van der Waals surface area contributed by atoms with Crippen molar-refractivity contribution >= 4 is 11.5 Å². The van der Waals surface area contributed by atoms with Gasteiger partial charge in [0.05, 0.1) is 0 Å². The largest absolute Gasteiger partial charge is 0.371 e. The van der Waals surface area contributed by atoms with Crippen LogP contribution in [0.3, 0.4) is 0 Å². The SMILES string of the molecule is C=C(C)CCN1CCCc2cc(C(C)=O)ccc21. The molecule has 0 N–H and O–H groups in total. The van der Waals surface area contributed by atoms with Gasteiger partial charge in [0.25, 0.3) is 0 Å². The van der Waals surface area contributed by atoms with Crippen molar-refractivity contribution in [1.29, 1.82) is 0 Å². The molecular formula is C16H21NO. The lowest BCUT2D eigenvalue weighted by Crippen LogP contribution is -2.30. The van der Waals surface area contributed by atoms with Crippen molar-refractivity contribution in [3.63, 3.8) is 0 Å². The fraction of sp³-hybridized carbons (Fsp3) is 0.438. The Morgan fingerprint density at radius 1 is 1.39 bits per heavy atom. The molecule has 0 saturated heterocycles. The molecule has 2 rings (SSSR count). The van der Waals surface area contributed by atoms with Crippen LogP contribution in [0.25, 0.3) is 0 Å². The molecule has 0 saturated carbocycles. The van der Waals surface area contributed by atoms with E-state index >= 15 is 0 Å². The van der Waals surface area contributed by atoms with E-state index in [1.54, 1.807) is 6.92 Å². The zero-order valence-electron chi connectivity index (χ0n) is 11.3. The van der Waals surface area contributed by atoms with Gasteiger partial charge in [0.1, 0.15) is 0 Å². The minimum absolute atomic E-state index is 0.150. The molecule has 1 aromatic carbocycles. The summed E-state index contributed by atoms with van der Waals surface area (Å²) in [4.78, 5) is 13.8. The van der Waals surface area contributed by atoms with Gasteiger partial charge in [-0.15, -0.1) is 6.58 Å². The number of Topliss-reactive ketones (excluding diaryl/α,β-unsaturated/α-hetero) is 1. The molecule has 1 heterocycles. The highest BCUT2D eigenvalue weighted by atomic mass is 16.1. The third kappa shape index (κ3) is 2.81. The molecule has 96 valence electrons.